The van der Waals surface area contributed by atoms with Crippen LogP contribution in [-0.2, 0) is 0 Å². The maximum Gasteiger partial charge on any atom is 0.0377 e. The third-order valence-electron chi connectivity index (χ3n) is 0.820. The van der Waals surface area contributed by atoms with E-state index in [1.165, 1.54) is 12.8 Å². The van der Waals surface area contributed by atoms with Crippen molar-refractivity contribution in [3.63, 3.8) is 0 Å². The van der Waals surface area contributed by atoms with E-state index in [0.29, 0.717) is 0 Å². The zero-order valence-corrected chi connectivity index (χ0v) is 4.78. The molecule has 0 aromatic rings. The van der Waals surface area contributed by atoms with Gasteiger partial charge in [0.05, 0.1) is 0 Å². The molecule has 0 aliphatic rings. The molecule has 2 heteroatoms. The average Bonchev–Trinajstić information content (AvgIpc) is 1.69. The van der Waals surface area contributed by atoms with Crippen molar-refractivity contribution in [1.82, 2.24) is 5.43 Å². The minimum absolute atomic E-state index is 1.08. The van der Waals surface area contributed by atoms with E-state index in [9.17, 15) is 0 Å². The fourth-order valence-corrected chi connectivity index (χ4v) is 0.390. The Morgan fingerprint density at radius 2 is 2.43 bits per heavy atom. The predicted octanol–water partition coefficient (Wildman–Crippen LogP) is 0.802. The standard InChI is InChI=1S/C5H13N2/c1-2-3-4-5-7-6/h5,7H,2-4,6H2,1H3. The van der Waals surface area contributed by atoms with Gasteiger partial charge in [-0.05, 0) is 6.42 Å². The zero-order chi connectivity index (χ0) is 5.54. The van der Waals surface area contributed by atoms with Crippen LogP contribution in [0.3, 0.4) is 0 Å². The number of unbranched alkanes of at least 4 members (excludes halogenated alkanes) is 2. The van der Waals surface area contributed by atoms with Gasteiger partial charge in [0.2, 0.25) is 0 Å². The molecule has 0 aliphatic heterocycles. The highest BCUT2D eigenvalue weighted by Gasteiger charge is 1.79. The highest BCUT2D eigenvalue weighted by Crippen LogP contribution is 1.92. The lowest BCUT2D eigenvalue weighted by Crippen LogP contribution is -2.17. The predicted molar refractivity (Wildman–Crippen MR) is 31.1 cm³/mol. The Kier molecular flexibility index (Phi) is 5.85. The van der Waals surface area contributed by atoms with Crippen LogP contribution >= 0.6 is 0 Å². The lowest BCUT2D eigenvalue weighted by Gasteiger charge is -1.92. The van der Waals surface area contributed by atoms with Crippen LogP contribution in [0.5, 0.6) is 0 Å². The fraction of sp³-hybridized carbons (Fsp3) is 0.800. The molecule has 0 saturated carbocycles. The van der Waals surface area contributed by atoms with Crippen LogP contribution in [0.15, 0.2) is 0 Å². The smallest absolute Gasteiger partial charge is 0.0377 e. The number of nitrogens with one attached hydrogen (secondary N) is 1. The first-order valence-corrected chi connectivity index (χ1v) is 2.69. The molecule has 0 bridgehead atoms. The minimum Gasteiger partial charge on any atom is -0.271 e. The zero-order valence-electron chi connectivity index (χ0n) is 4.78. The van der Waals surface area contributed by atoms with E-state index in [1.807, 2.05) is 6.54 Å². The van der Waals surface area contributed by atoms with Crippen LogP contribution in [0, 0.1) is 6.54 Å². The Hall–Kier alpha value is -0.0800. The van der Waals surface area contributed by atoms with Crippen molar-refractivity contribution >= 4 is 0 Å². The lowest BCUT2D eigenvalue weighted by atomic mass is 10.3. The molecule has 0 spiro atoms. The number of hydrogen-bond donors (Lipinski definition) is 2. The first-order valence-electron chi connectivity index (χ1n) is 2.69. The van der Waals surface area contributed by atoms with Crippen LogP contribution in [0.4, 0.5) is 0 Å². The van der Waals surface area contributed by atoms with Crippen molar-refractivity contribution < 1.29 is 0 Å². The first kappa shape index (κ1) is 6.92. The molecule has 0 aromatic heterocycles. The summed E-state index contributed by atoms with van der Waals surface area (Å²) < 4.78 is 0. The molecule has 0 fully saturated rings. The maximum atomic E-state index is 4.96. The van der Waals surface area contributed by atoms with E-state index in [1.54, 1.807) is 0 Å². The summed E-state index contributed by atoms with van der Waals surface area (Å²) >= 11 is 0. The van der Waals surface area contributed by atoms with Gasteiger partial charge >= 0.3 is 0 Å². The van der Waals surface area contributed by atoms with E-state index in [4.69, 9.17) is 5.84 Å². The summed E-state index contributed by atoms with van der Waals surface area (Å²) in [6.45, 7) is 4.02. The van der Waals surface area contributed by atoms with Crippen molar-refractivity contribution in [2.45, 2.75) is 26.2 Å². The van der Waals surface area contributed by atoms with Gasteiger partial charge in [0.25, 0.3) is 0 Å². The van der Waals surface area contributed by atoms with Crippen LogP contribution in [0.2, 0.25) is 0 Å². The van der Waals surface area contributed by atoms with Gasteiger partial charge in [0.1, 0.15) is 0 Å². The third-order valence-corrected chi connectivity index (χ3v) is 0.820. The molecule has 2 nitrogen and oxygen atoms in total. The lowest BCUT2D eigenvalue weighted by molar-refractivity contribution is 0.714. The van der Waals surface area contributed by atoms with Gasteiger partial charge in [-0.1, -0.05) is 19.8 Å². The fourth-order valence-electron chi connectivity index (χ4n) is 0.390. The van der Waals surface area contributed by atoms with Crippen molar-refractivity contribution in [3.8, 4) is 0 Å². The van der Waals surface area contributed by atoms with Crippen molar-refractivity contribution in [1.29, 1.82) is 0 Å². The molecule has 0 unspecified atom stereocenters. The normalized spacial score (nSPS) is 9.43. The molecule has 0 aromatic carbocycles. The molecule has 0 amide bonds. The number of hydrazine groups is 1. The summed E-state index contributed by atoms with van der Waals surface area (Å²) in [6, 6.07) is 0. The van der Waals surface area contributed by atoms with Crippen LogP contribution in [0.25, 0.3) is 0 Å². The second kappa shape index (κ2) is 5.92. The Morgan fingerprint density at radius 1 is 1.71 bits per heavy atom. The monoisotopic (exact) mass is 101 g/mol. The Bertz CT molecular complexity index is 25.3. The van der Waals surface area contributed by atoms with Crippen molar-refractivity contribution in [3.05, 3.63) is 6.54 Å². The van der Waals surface area contributed by atoms with Gasteiger partial charge in [-0.25, -0.2) is 0 Å². The maximum absolute atomic E-state index is 4.96. The minimum atomic E-state index is 1.08. The summed E-state index contributed by atoms with van der Waals surface area (Å²) in [5, 5.41) is 0. The largest absolute Gasteiger partial charge is 0.271 e. The van der Waals surface area contributed by atoms with Crippen LogP contribution in [-0.4, -0.2) is 0 Å². The number of hydrogen-bond acceptors (Lipinski definition) is 2. The second-order valence-corrected chi connectivity index (χ2v) is 1.51. The molecular weight excluding hydrogens is 88.1 g/mol. The Balaban J connectivity index is 2.45. The second-order valence-electron chi connectivity index (χ2n) is 1.51. The van der Waals surface area contributed by atoms with E-state index in [-0.39, 0.29) is 0 Å². The van der Waals surface area contributed by atoms with Gasteiger partial charge in [0.15, 0.2) is 0 Å². The van der Waals surface area contributed by atoms with Gasteiger partial charge in [-0.2, -0.15) is 0 Å². The van der Waals surface area contributed by atoms with Gasteiger partial charge in [0, 0.05) is 6.54 Å². The Labute approximate surface area is 45.1 Å². The average molecular weight is 101 g/mol. The molecule has 0 heterocycles. The number of nitrogens with two attached hydrogens (primary N) is 1. The van der Waals surface area contributed by atoms with E-state index in [2.05, 4.69) is 12.3 Å². The molecule has 0 saturated heterocycles. The molecule has 0 atom stereocenters. The molecule has 3 N–H and O–H groups in total. The summed E-state index contributed by atoms with van der Waals surface area (Å²) in [5.74, 6) is 4.96. The van der Waals surface area contributed by atoms with E-state index in [0.717, 1.165) is 6.42 Å². The van der Waals surface area contributed by atoms with Crippen LogP contribution < -0.4 is 11.3 Å². The first-order chi connectivity index (χ1) is 3.41. The quantitative estimate of drug-likeness (QED) is 0.312. The van der Waals surface area contributed by atoms with Gasteiger partial charge in [-0.3, -0.25) is 11.3 Å². The summed E-state index contributed by atoms with van der Waals surface area (Å²) in [6.07, 6.45) is 3.54. The van der Waals surface area contributed by atoms with Crippen molar-refractivity contribution in [2.75, 3.05) is 0 Å². The SMILES string of the molecule is CCCC[CH]NN. The van der Waals surface area contributed by atoms with Gasteiger partial charge in [-0.15, -0.1) is 0 Å². The van der Waals surface area contributed by atoms with Crippen molar-refractivity contribution in [2.24, 2.45) is 5.84 Å². The van der Waals surface area contributed by atoms with Crippen LogP contribution in [0.1, 0.15) is 26.2 Å². The highest BCUT2D eigenvalue weighted by atomic mass is 15.2. The topological polar surface area (TPSA) is 38.0 Å². The summed E-state index contributed by atoms with van der Waals surface area (Å²) in [4.78, 5) is 0. The molecule has 1 radical (unpaired) electrons. The van der Waals surface area contributed by atoms with E-state index < -0.39 is 0 Å². The molecule has 7 heavy (non-hydrogen) atoms. The summed E-state index contributed by atoms with van der Waals surface area (Å²) in [7, 11) is 0. The third kappa shape index (κ3) is 5.92. The van der Waals surface area contributed by atoms with E-state index >= 15 is 0 Å². The number of rotatable bonds is 4. The highest BCUT2D eigenvalue weighted by molar-refractivity contribution is 4.53. The summed E-state index contributed by atoms with van der Waals surface area (Å²) in [5.41, 5.74) is 2.48. The Morgan fingerprint density at radius 3 is 2.86 bits per heavy atom. The van der Waals surface area contributed by atoms with Gasteiger partial charge < -0.3 is 0 Å². The molecule has 0 rings (SSSR count). The molecule has 43 valence electrons. The molecular formula is C5H13N2. The molecule has 0 aliphatic carbocycles.